The molecule has 0 saturated heterocycles. The van der Waals surface area contributed by atoms with Gasteiger partial charge in [-0.2, -0.15) is 0 Å². The molecule has 0 aromatic heterocycles. The third kappa shape index (κ3) is 1.52. The Morgan fingerprint density at radius 3 is 2.20 bits per heavy atom. The van der Waals surface area contributed by atoms with E-state index in [0.29, 0.717) is 12.8 Å². The zero-order valence-corrected chi connectivity index (χ0v) is 9.79. The summed E-state index contributed by atoms with van der Waals surface area (Å²) in [6, 6.07) is 0. The van der Waals surface area contributed by atoms with Crippen LogP contribution in [0.15, 0.2) is 0 Å². The SMILES string of the molecule is COC(=O)[C@@]1(C)CC[C@H](C(N)=O)C1(C)C. The first kappa shape index (κ1) is 12.0. The molecule has 0 aromatic carbocycles. The highest BCUT2D eigenvalue weighted by Crippen LogP contribution is 2.56. The Balaban J connectivity index is 3.06. The molecule has 1 aliphatic rings. The quantitative estimate of drug-likeness (QED) is 0.698. The van der Waals surface area contributed by atoms with Crippen molar-refractivity contribution in [3.05, 3.63) is 0 Å². The fourth-order valence-electron chi connectivity index (χ4n) is 2.59. The van der Waals surface area contributed by atoms with Crippen LogP contribution in [-0.4, -0.2) is 19.0 Å². The number of primary amides is 1. The maximum atomic E-state index is 11.7. The van der Waals surface area contributed by atoms with Crippen LogP contribution in [0.1, 0.15) is 33.6 Å². The van der Waals surface area contributed by atoms with Gasteiger partial charge in [0.1, 0.15) is 0 Å². The first-order valence-corrected chi connectivity index (χ1v) is 5.15. The smallest absolute Gasteiger partial charge is 0.312 e. The molecular weight excluding hydrogens is 194 g/mol. The summed E-state index contributed by atoms with van der Waals surface area (Å²) >= 11 is 0. The molecule has 1 rings (SSSR count). The second-order valence-corrected chi connectivity index (χ2v) is 5.04. The van der Waals surface area contributed by atoms with Gasteiger partial charge in [0.05, 0.1) is 12.5 Å². The van der Waals surface area contributed by atoms with Crippen molar-refractivity contribution in [1.82, 2.24) is 0 Å². The van der Waals surface area contributed by atoms with Gasteiger partial charge in [0.2, 0.25) is 5.91 Å². The van der Waals surface area contributed by atoms with Crippen LogP contribution >= 0.6 is 0 Å². The van der Waals surface area contributed by atoms with Crippen LogP contribution in [0, 0.1) is 16.7 Å². The second kappa shape index (κ2) is 3.51. The van der Waals surface area contributed by atoms with Crippen LogP contribution < -0.4 is 5.73 Å². The van der Waals surface area contributed by atoms with Crippen LogP contribution in [0.25, 0.3) is 0 Å². The molecule has 1 saturated carbocycles. The number of hydrogen-bond acceptors (Lipinski definition) is 3. The van der Waals surface area contributed by atoms with Gasteiger partial charge in [0.15, 0.2) is 0 Å². The number of amides is 1. The monoisotopic (exact) mass is 213 g/mol. The summed E-state index contributed by atoms with van der Waals surface area (Å²) in [5, 5.41) is 0. The normalized spacial score (nSPS) is 33.7. The zero-order chi connectivity index (χ0) is 11.9. The van der Waals surface area contributed by atoms with Crippen LogP contribution in [0.2, 0.25) is 0 Å². The van der Waals surface area contributed by atoms with E-state index in [1.54, 1.807) is 0 Å². The van der Waals surface area contributed by atoms with E-state index in [-0.39, 0.29) is 17.8 Å². The molecule has 15 heavy (non-hydrogen) atoms. The van der Waals surface area contributed by atoms with E-state index in [1.807, 2.05) is 20.8 Å². The molecule has 2 atom stereocenters. The summed E-state index contributed by atoms with van der Waals surface area (Å²) in [5.41, 5.74) is 4.30. The number of carbonyl (C=O) groups is 2. The van der Waals surface area contributed by atoms with Crippen molar-refractivity contribution in [2.45, 2.75) is 33.6 Å². The number of ether oxygens (including phenoxy) is 1. The number of rotatable bonds is 2. The van der Waals surface area contributed by atoms with Gasteiger partial charge >= 0.3 is 5.97 Å². The fraction of sp³-hybridized carbons (Fsp3) is 0.818. The fourth-order valence-corrected chi connectivity index (χ4v) is 2.59. The number of methoxy groups -OCH3 is 1. The third-order valence-electron chi connectivity index (χ3n) is 4.21. The van der Waals surface area contributed by atoms with Crippen molar-refractivity contribution in [3.8, 4) is 0 Å². The average molecular weight is 213 g/mol. The predicted molar refractivity (Wildman–Crippen MR) is 55.8 cm³/mol. The maximum Gasteiger partial charge on any atom is 0.312 e. The Morgan fingerprint density at radius 2 is 1.87 bits per heavy atom. The number of nitrogens with two attached hydrogens (primary N) is 1. The Hall–Kier alpha value is -1.06. The van der Waals surface area contributed by atoms with Gasteiger partial charge in [-0.05, 0) is 25.2 Å². The Morgan fingerprint density at radius 1 is 1.33 bits per heavy atom. The molecule has 0 radical (unpaired) electrons. The Bertz CT molecular complexity index is 298. The molecule has 2 N–H and O–H groups in total. The summed E-state index contributed by atoms with van der Waals surface area (Å²) in [7, 11) is 1.38. The Labute approximate surface area is 90.2 Å². The Kier molecular flexibility index (Phi) is 2.81. The third-order valence-corrected chi connectivity index (χ3v) is 4.21. The summed E-state index contributed by atoms with van der Waals surface area (Å²) in [6.07, 6.45) is 1.31. The van der Waals surface area contributed by atoms with E-state index < -0.39 is 10.8 Å². The number of esters is 1. The van der Waals surface area contributed by atoms with Gasteiger partial charge in [-0.3, -0.25) is 9.59 Å². The zero-order valence-electron chi connectivity index (χ0n) is 9.79. The van der Waals surface area contributed by atoms with E-state index in [0.717, 1.165) is 0 Å². The highest BCUT2D eigenvalue weighted by Gasteiger charge is 2.58. The van der Waals surface area contributed by atoms with Gasteiger partial charge in [-0.25, -0.2) is 0 Å². The molecular formula is C11H19NO3. The van der Waals surface area contributed by atoms with E-state index in [2.05, 4.69) is 0 Å². The molecule has 0 bridgehead atoms. The number of carbonyl (C=O) groups excluding carboxylic acids is 2. The van der Waals surface area contributed by atoms with Crippen LogP contribution in [0.5, 0.6) is 0 Å². The van der Waals surface area contributed by atoms with Gasteiger partial charge < -0.3 is 10.5 Å². The lowest BCUT2D eigenvalue weighted by Gasteiger charge is -2.38. The summed E-state index contributed by atoms with van der Waals surface area (Å²) in [6.45, 7) is 5.67. The highest BCUT2D eigenvalue weighted by molar-refractivity contribution is 5.83. The molecule has 0 unspecified atom stereocenters. The van der Waals surface area contributed by atoms with Crippen molar-refractivity contribution < 1.29 is 14.3 Å². The molecule has 1 fully saturated rings. The topological polar surface area (TPSA) is 69.4 Å². The first-order valence-electron chi connectivity index (χ1n) is 5.15. The van der Waals surface area contributed by atoms with Crippen LogP contribution in [0.3, 0.4) is 0 Å². The average Bonchev–Trinajstić information content (AvgIpc) is 2.38. The van der Waals surface area contributed by atoms with Crippen molar-refractivity contribution in [1.29, 1.82) is 0 Å². The largest absolute Gasteiger partial charge is 0.469 e. The van der Waals surface area contributed by atoms with E-state index in [9.17, 15) is 9.59 Å². The molecule has 86 valence electrons. The van der Waals surface area contributed by atoms with Crippen molar-refractivity contribution >= 4 is 11.9 Å². The molecule has 0 aliphatic heterocycles. The molecule has 1 amide bonds. The van der Waals surface area contributed by atoms with Crippen molar-refractivity contribution in [2.24, 2.45) is 22.5 Å². The lowest BCUT2D eigenvalue weighted by atomic mass is 9.65. The van der Waals surface area contributed by atoms with Crippen molar-refractivity contribution in [3.63, 3.8) is 0 Å². The minimum Gasteiger partial charge on any atom is -0.469 e. The predicted octanol–water partition coefficient (Wildman–Crippen LogP) is 1.09. The minimum atomic E-state index is -0.610. The van der Waals surface area contributed by atoms with E-state index >= 15 is 0 Å². The molecule has 4 heteroatoms. The lowest BCUT2D eigenvalue weighted by Crippen LogP contribution is -2.44. The molecule has 0 aromatic rings. The minimum absolute atomic E-state index is 0.249. The van der Waals surface area contributed by atoms with Crippen molar-refractivity contribution in [2.75, 3.05) is 7.11 Å². The van der Waals surface area contributed by atoms with Gasteiger partial charge in [-0.1, -0.05) is 13.8 Å². The molecule has 0 heterocycles. The lowest BCUT2D eigenvalue weighted by molar-refractivity contribution is -0.158. The van der Waals surface area contributed by atoms with Crippen LogP contribution in [0.4, 0.5) is 0 Å². The standard InChI is InChI=1S/C11H19NO3/c1-10(2)7(8(12)13)5-6-11(10,3)9(14)15-4/h7H,5-6H2,1-4H3,(H2,12,13)/t7-,11-/m1/s1. The summed E-state index contributed by atoms with van der Waals surface area (Å²) < 4.78 is 4.81. The van der Waals surface area contributed by atoms with Gasteiger partial charge in [0.25, 0.3) is 0 Å². The summed E-state index contributed by atoms with van der Waals surface area (Å²) in [4.78, 5) is 23.0. The van der Waals surface area contributed by atoms with Gasteiger partial charge in [-0.15, -0.1) is 0 Å². The molecule has 0 spiro atoms. The maximum absolute atomic E-state index is 11.7. The second-order valence-electron chi connectivity index (χ2n) is 5.04. The number of hydrogen-bond donors (Lipinski definition) is 1. The molecule has 4 nitrogen and oxygen atoms in total. The van der Waals surface area contributed by atoms with Crippen LogP contribution in [-0.2, 0) is 14.3 Å². The summed E-state index contributed by atoms with van der Waals surface area (Å²) in [5.74, 6) is -0.828. The molecule has 1 aliphatic carbocycles. The first-order chi connectivity index (χ1) is 6.77. The van der Waals surface area contributed by atoms with E-state index in [1.165, 1.54) is 7.11 Å². The van der Waals surface area contributed by atoms with Gasteiger partial charge in [0, 0.05) is 5.92 Å². The highest BCUT2D eigenvalue weighted by atomic mass is 16.5. The van der Waals surface area contributed by atoms with E-state index in [4.69, 9.17) is 10.5 Å².